The third-order valence-electron chi connectivity index (χ3n) is 3.42. The van der Waals surface area contributed by atoms with Gasteiger partial charge >= 0.3 is 0 Å². The van der Waals surface area contributed by atoms with Crippen molar-refractivity contribution < 1.29 is 9.53 Å². The van der Waals surface area contributed by atoms with Gasteiger partial charge in [0.25, 0.3) is 0 Å². The Morgan fingerprint density at radius 3 is 2.94 bits per heavy atom. The van der Waals surface area contributed by atoms with E-state index in [0.717, 1.165) is 28.6 Å². The molecule has 0 bridgehead atoms. The van der Waals surface area contributed by atoms with Crippen LogP contribution in [-0.2, 0) is 16.0 Å². The Hall–Kier alpha value is -0.870. The molecule has 3 nitrogen and oxygen atoms in total. The van der Waals surface area contributed by atoms with Gasteiger partial charge in [0.15, 0.2) is 0 Å². The van der Waals surface area contributed by atoms with Crippen LogP contribution in [0.4, 0.5) is 5.69 Å². The van der Waals surface area contributed by atoms with Crippen LogP contribution in [0.2, 0.25) is 0 Å². The molecule has 2 atom stereocenters. The van der Waals surface area contributed by atoms with Crippen molar-refractivity contribution >= 4 is 27.5 Å². The van der Waals surface area contributed by atoms with Gasteiger partial charge in [0.2, 0.25) is 5.91 Å². The summed E-state index contributed by atoms with van der Waals surface area (Å²) in [5, 5.41) is 3.02. The first kappa shape index (κ1) is 13.6. The first-order valence-electron chi connectivity index (χ1n) is 6.32. The van der Waals surface area contributed by atoms with Crippen molar-refractivity contribution in [2.75, 3.05) is 11.9 Å². The van der Waals surface area contributed by atoms with Crippen molar-refractivity contribution in [3.05, 3.63) is 28.2 Å². The lowest BCUT2D eigenvalue weighted by molar-refractivity contribution is -0.121. The van der Waals surface area contributed by atoms with E-state index in [0.29, 0.717) is 6.61 Å². The lowest BCUT2D eigenvalue weighted by Gasteiger charge is -2.16. The second-order valence-electron chi connectivity index (χ2n) is 4.62. The van der Waals surface area contributed by atoms with Gasteiger partial charge < -0.3 is 10.1 Å². The van der Waals surface area contributed by atoms with Crippen LogP contribution >= 0.6 is 15.9 Å². The molecule has 1 saturated heterocycles. The molecule has 0 spiro atoms. The molecule has 2 unspecified atom stereocenters. The SMILES string of the molecule is CCc1cc(Br)ccc1NC(=O)C1CCOC1C. The van der Waals surface area contributed by atoms with E-state index in [2.05, 4.69) is 28.2 Å². The molecule has 1 aliphatic rings. The Morgan fingerprint density at radius 2 is 2.33 bits per heavy atom. The lowest BCUT2D eigenvalue weighted by Crippen LogP contribution is -2.28. The summed E-state index contributed by atoms with van der Waals surface area (Å²) < 4.78 is 6.47. The van der Waals surface area contributed by atoms with Gasteiger partial charge in [-0.25, -0.2) is 0 Å². The normalized spacial score (nSPS) is 23.1. The van der Waals surface area contributed by atoms with Crippen LogP contribution in [-0.4, -0.2) is 18.6 Å². The zero-order valence-corrected chi connectivity index (χ0v) is 12.3. The van der Waals surface area contributed by atoms with Crippen LogP contribution in [0.3, 0.4) is 0 Å². The van der Waals surface area contributed by atoms with Gasteiger partial charge in [-0.05, 0) is 43.5 Å². The second kappa shape index (κ2) is 5.85. The summed E-state index contributed by atoms with van der Waals surface area (Å²) in [5.41, 5.74) is 2.05. The maximum Gasteiger partial charge on any atom is 0.230 e. The molecule has 4 heteroatoms. The van der Waals surface area contributed by atoms with Crippen molar-refractivity contribution in [1.29, 1.82) is 0 Å². The Kier molecular flexibility index (Phi) is 4.40. The van der Waals surface area contributed by atoms with E-state index in [1.165, 1.54) is 0 Å². The van der Waals surface area contributed by atoms with E-state index in [9.17, 15) is 4.79 Å². The van der Waals surface area contributed by atoms with Crippen LogP contribution in [0.25, 0.3) is 0 Å². The van der Waals surface area contributed by atoms with Gasteiger partial charge in [-0.2, -0.15) is 0 Å². The average Bonchev–Trinajstić information content (AvgIpc) is 2.77. The highest BCUT2D eigenvalue weighted by molar-refractivity contribution is 9.10. The summed E-state index contributed by atoms with van der Waals surface area (Å²) in [6, 6.07) is 5.94. The number of rotatable bonds is 3. The number of hydrogen-bond donors (Lipinski definition) is 1. The molecule has 1 aromatic carbocycles. The summed E-state index contributed by atoms with van der Waals surface area (Å²) in [7, 11) is 0. The van der Waals surface area contributed by atoms with Gasteiger partial charge in [-0.3, -0.25) is 4.79 Å². The number of benzene rings is 1. The Balaban J connectivity index is 2.11. The molecule has 1 heterocycles. The average molecular weight is 312 g/mol. The molecular weight excluding hydrogens is 294 g/mol. The molecule has 0 aliphatic carbocycles. The number of carbonyl (C=O) groups is 1. The summed E-state index contributed by atoms with van der Waals surface area (Å²) in [6.45, 7) is 4.72. The predicted molar refractivity (Wildman–Crippen MR) is 75.7 cm³/mol. The third-order valence-corrected chi connectivity index (χ3v) is 3.91. The molecule has 0 aromatic heterocycles. The maximum absolute atomic E-state index is 12.2. The van der Waals surface area contributed by atoms with Crippen LogP contribution in [0.5, 0.6) is 0 Å². The monoisotopic (exact) mass is 311 g/mol. The quantitative estimate of drug-likeness (QED) is 0.929. The van der Waals surface area contributed by atoms with Crippen molar-refractivity contribution in [2.24, 2.45) is 5.92 Å². The van der Waals surface area contributed by atoms with E-state index >= 15 is 0 Å². The number of nitrogens with one attached hydrogen (secondary N) is 1. The summed E-state index contributed by atoms with van der Waals surface area (Å²) in [5.74, 6) is 0.0374. The number of ether oxygens (including phenoxy) is 1. The number of hydrogen-bond acceptors (Lipinski definition) is 2. The van der Waals surface area contributed by atoms with Crippen molar-refractivity contribution in [2.45, 2.75) is 32.8 Å². The minimum Gasteiger partial charge on any atom is -0.378 e. The molecule has 1 amide bonds. The zero-order valence-electron chi connectivity index (χ0n) is 10.7. The topological polar surface area (TPSA) is 38.3 Å². The van der Waals surface area contributed by atoms with E-state index in [1.807, 2.05) is 25.1 Å². The van der Waals surface area contributed by atoms with E-state index in [1.54, 1.807) is 0 Å². The predicted octanol–water partition coefficient (Wildman–Crippen LogP) is 3.38. The van der Waals surface area contributed by atoms with Gasteiger partial charge in [-0.1, -0.05) is 22.9 Å². The van der Waals surface area contributed by atoms with Crippen molar-refractivity contribution in [3.63, 3.8) is 0 Å². The third kappa shape index (κ3) is 2.93. The van der Waals surface area contributed by atoms with Gasteiger partial charge in [-0.15, -0.1) is 0 Å². The Bertz CT molecular complexity index is 447. The minimum absolute atomic E-state index is 0.0190. The van der Waals surface area contributed by atoms with Gasteiger partial charge in [0.05, 0.1) is 12.0 Å². The maximum atomic E-state index is 12.2. The van der Waals surface area contributed by atoms with E-state index < -0.39 is 0 Å². The Labute approximate surface area is 116 Å². The minimum atomic E-state index is -0.0293. The fraction of sp³-hybridized carbons (Fsp3) is 0.500. The number of halogens is 1. The lowest BCUT2D eigenvalue weighted by atomic mass is 10.0. The molecule has 1 N–H and O–H groups in total. The van der Waals surface area contributed by atoms with Crippen LogP contribution in [0.15, 0.2) is 22.7 Å². The fourth-order valence-electron chi connectivity index (χ4n) is 2.28. The number of amides is 1. The molecule has 98 valence electrons. The fourth-order valence-corrected chi connectivity index (χ4v) is 2.69. The van der Waals surface area contributed by atoms with Crippen LogP contribution < -0.4 is 5.32 Å². The molecule has 1 aromatic rings. The van der Waals surface area contributed by atoms with Gasteiger partial charge in [0.1, 0.15) is 0 Å². The highest BCUT2D eigenvalue weighted by atomic mass is 79.9. The van der Waals surface area contributed by atoms with Gasteiger partial charge in [0, 0.05) is 16.8 Å². The molecule has 1 fully saturated rings. The zero-order chi connectivity index (χ0) is 13.1. The highest BCUT2D eigenvalue weighted by Gasteiger charge is 2.30. The molecule has 18 heavy (non-hydrogen) atoms. The molecule has 0 saturated carbocycles. The smallest absolute Gasteiger partial charge is 0.230 e. The number of anilines is 1. The summed E-state index contributed by atoms with van der Waals surface area (Å²) in [6.07, 6.45) is 1.72. The number of aryl methyl sites for hydroxylation is 1. The van der Waals surface area contributed by atoms with Crippen molar-refractivity contribution in [3.8, 4) is 0 Å². The standard InChI is InChI=1S/C14H18BrNO2/c1-3-10-8-11(15)4-5-13(10)16-14(17)12-6-7-18-9(12)2/h4-5,8-9,12H,3,6-7H2,1-2H3,(H,16,17). The van der Waals surface area contributed by atoms with Crippen LogP contribution in [0, 0.1) is 5.92 Å². The molecular formula is C14H18BrNO2. The first-order chi connectivity index (χ1) is 8.61. The largest absolute Gasteiger partial charge is 0.378 e. The highest BCUT2D eigenvalue weighted by Crippen LogP contribution is 2.25. The second-order valence-corrected chi connectivity index (χ2v) is 5.53. The van der Waals surface area contributed by atoms with E-state index in [4.69, 9.17) is 4.74 Å². The van der Waals surface area contributed by atoms with Crippen molar-refractivity contribution in [1.82, 2.24) is 0 Å². The van der Waals surface area contributed by atoms with Crippen LogP contribution in [0.1, 0.15) is 25.8 Å². The molecule has 2 rings (SSSR count). The molecule has 0 radical (unpaired) electrons. The molecule has 1 aliphatic heterocycles. The summed E-state index contributed by atoms with van der Waals surface area (Å²) in [4.78, 5) is 12.2. The van der Waals surface area contributed by atoms with E-state index in [-0.39, 0.29) is 17.9 Å². The summed E-state index contributed by atoms with van der Waals surface area (Å²) >= 11 is 3.45. The number of carbonyl (C=O) groups excluding carboxylic acids is 1. The Morgan fingerprint density at radius 1 is 1.56 bits per heavy atom. The first-order valence-corrected chi connectivity index (χ1v) is 7.12.